The molecule has 5 N–H and O–H groups in total. The molecule has 218 valence electrons. The number of piperazine rings is 1. The van der Waals surface area contributed by atoms with E-state index in [2.05, 4.69) is 22.1 Å². The Hall–Kier alpha value is -3.28. The number of rotatable bonds is 7. The van der Waals surface area contributed by atoms with Crippen LogP contribution in [0.15, 0.2) is 41.3 Å². The average molecular weight is 553 g/mol. The van der Waals surface area contributed by atoms with Crippen LogP contribution in [0.5, 0.6) is 0 Å². The Labute approximate surface area is 236 Å². The molecule has 40 heavy (non-hydrogen) atoms. The van der Waals surface area contributed by atoms with Gasteiger partial charge in [0.25, 0.3) is 0 Å². The standard InChI is InChI=1S/C29H44N8O3/c1-5-34(23-12-8-22(30)9-13-23)19-21-6-10-24(11-7-21)37-15-14-25(33-28(37)40)32-27(39)36-17-16-35(18-20(36)2)26(38)29(3,4)31/h6-7,10-11,14-15,20,22-23H,5,8-9,12-13,16-19,30-31H2,1-4H3,(H,32,33,39,40). The number of benzene rings is 1. The fourth-order valence-corrected chi connectivity index (χ4v) is 5.66. The quantitative estimate of drug-likeness (QED) is 0.477. The SMILES string of the molecule is CCN(Cc1ccc(-n2ccc(NC(=O)N3CCN(C(=O)C(C)(C)N)CC3C)nc2=O)cc1)C1CCC(N)CC1. The summed E-state index contributed by atoms with van der Waals surface area (Å²) in [5.41, 5.74) is 12.5. The summed E-state index contributed by atoms with van der Waals surface area (Å²) >= 11 is 0. The van der Waals surface area contributed by atoms with Gasteiger partial charge in [0.1, 0.15) is 5.82 Å². The van der Waals surface area contributed by atoms with E-state index in [4.69, 9.17) is 11.5 Å². The maximum Gasteiger partial charge on any atom is 0.354 e. The molecule has 11 nitrogen and oxygen atoms in total. The van der Waals surface area contributed by atoms with Crippen LogP contribution in [0, 0.1) is 0 Å². The zero-order chi connectivity index (χ0) is 29.0. The molecule has 2 fully saturated rings. The Morgan fingerprint density at radius 3 is 2.35 bits per heavy atom. The van der Waals surface area contributed by atoms with Gasteiger partial charge < -0.3 is 21.3 Å². The van der Waals surface area contributed by atoms with Crippen molar-refractivity contribution in [2.75, 3.05) is 31.5 Å². The highest BCUT2D eigenvalue weighted by Gasteiger charge is 2.34. The summed E-state index contributed by atoms with van der Waals surface area (Å²) in [5, 5.41) is 2.73. The minimum Gasteiger partial charge on any atom is -0.337 e. The van der Waals surface area contributed by atoms with Crippen molar-refractivity contribution in [3.05, 3.63) is 52.6 Å². The van der Waals surface area contributed by atoms with E-state index in [1.54, 1.807) is 35.9 Å². The molecule has 1 saturated heterocycles. The molecule has 1 saturated carbocycles. The molecule has 0 spiro atoms. The van der Waals surface area contributed by atoms with Gasteiger partial charge in [-0.1, -0.05) is 19.1 Å². The van der Waals surface area contributed by atoms with Gasteiger partial charge in [-0.15, -0.1) is 0 Å². The summed E-state index contributed by atoms with van der Waals surface area (Å²) in [6, 6.07) is 9.88. The van der Waals surface area contributed by atoms with E-state index < -0.39 is 11.2 Å². The molecule has 1 aromatic heterocycles. The summed E-state index contributed by atoms with van der Waals surface area (Å²) in [5.74, 6) is 0.0392. The second-order valence-electron chi connectivity index (χ2n) is 11.7. The molecule has 0 bridgehead atoms. The van der Waals surface area contributed by atoms with Crippen molar-refractivity contribution in [2.24, 2.45) is 11.5 Å². The maximum absolute atomic E-state index is 12.9. The number of hydrogen-bond acceptors (Lipinski definition) is 7. The monoisotopic (exact) mass is 552 g/mol. The van der Waals surface area contributed by atoms with Crippen LogP contribution in [0.3, 0.4) is 0 Å². The van der Waals surface area contributed by atoms with Crippen LogP contribution < -0.4 is 22.5 Å². The fraction of sp³-hybridized carbons (Fsp3) is 0.586. The number of hydrogen-bond donors (Lipinski definition) is 3. The summed E-state index contributed by atoms with van der Waals surface area (Å²) in [4.78, 5) is 48.2. The van der Waals surface area contributed by atoms with Gasteiger partial charge in [-0.2, -0.15) is 4.98 Å². The number of nitrogens with two attached hydrogens (primary N) is 2. The molecule has 2 heterocycles. The van der Waals surface area contributed by atoms with E-state index in [1.807, 2.05) is 31.2 Å². The number of aromatic nitrogens is 2. The zero-order valence-corrected chi connectivity index (χ0v) is 24.2. The van der Waals surface area contributed by atoms with E-state index in [-0.39, 0.29) is 23.8 Å². The van der Waals surface area contributed by atoms with E-state index in [9.17, 15) is 14.4 Å². The third kappa shape index (κ3) is 7.07. The van der Waals surface area contributed by atoms with Crippen LogP contribution in [0.2, 0.25) is 0 Å². The van der Waals surface area contributed by atoms with E-state index in [0.29, 0.717) is 37.4 Å². The largest absolute Gasteiger partial charge is 0.354 e. The highest BCUT2D eigenvalue weighted by atomic mass is 16.2. The van der Waals surface area contributed by atoms with Crippen molar-refractivity contribution in [2.45, 2.75) is 83.6 Å². The van der Waals surface area contributed by atoms with Crippen molar-refractivity contribution in [1.29, 1.82) is 0 Å². The molecule has 3 amide bonds. The van der Waals surface area contributed by atoms with Gasteiger partial charge in [0.15, 0.2) is 0 Å². The van der Waals surface area contributed by atoms with Gasteiger partial charge in [-0.05, 0) is 76.8 Å². The molecule has 1 atom stereocenters. The summed E-state index contributed by atoms with van der Waals surface area (Å²) in [6.45, 7) is 10.4. The zero-order valence-electron chi connectivity index (χ0n) is 24.2. The normalized spacial score (nSPS) is 21.9. The van der Waals surface area contributed by atoms with Crippen LogP contribution in [0.4, 0.5) is 10.6 Å². The topological polar surface area (TPSA) is 143 Å². The van der Waals surface area contributed by atoms with E-state index in [0.717, 1.165) is 38.8 Å². The van der Waals surface area contributed by atoms with Crippen LogP contribution in [0.1, 0.15) is 58.9 Å². The van der Waals surface area contributed by atoms with Gasteiger partial charge in [0.2, 0.25) is 5.91 Å². The predicted molar refractivity (Wildman–Crippen MR) is 156 cm³/mol. The molecule has 1 aromatic carbocycles. The summed E-state index contributed by atoms with van der Waals surface area (Å²) < 4.78 is 1.46. The number of carbonyl (C=O) groups is 2. The minimum atomic E-state index is -0.960. The van der Waals surface area contributed by atoms with Crippen molar-refractivity contribution < 1.29 is 9.59 Å². The molecular weight excluding hydrogens is 508 g/mol. The molecule has 1 aliphatic carbocycles. The molecule has 1 aliphatic heterocycles. The first kappa shape index (κ1) is 29.7. The number of amides is 3. The fourth-order valence-electron chi connectivity index (χ4n) is 5.66. The molecule has 4 rings (SSSR count). The van der Waals surface area contributed by atoms with Crippen LogP contribution >= 0.6 is 0 Å². The molecule has 11 heteroatoms. The lowest BCUT2D eigenvalue weighted by molar-refractivity contribution is -0.138. The maximum atomic E-state index is 12.9. The first-order valence-corrected chi connectivity index (χ1v) is 14.3. The van der Waals surface area contributed by atoms with Gasteiger partial charge in [0.05, 0.1) is 11.2 Å². The second-order valence-corrected chi connectivity index (χ2v) is 11.7. The highest BCUT2D eigenvalue weighted by molar-refractivity contribution is 5.89. The van der Waals surface area contributed by atoms with Crippen molar-refractivity contribution in [3.63, 3.8) is 0 Å². The van der Waals surface area contributed by atoms with Crippen molar-refractivity contribution >= 4 is 17.8 Å². The lowest BCUT2D eigenvalue weighted by Gasteiger charge is -2.41. The number of anilines is 1. The Morgan fingerprint density at radius 1 is 1.10 bits per heavy atom. The molecular formula is C29H44N8O3. The Kier molecular flexibility index (Phi) is 9.27. The third-order valence-corrected chi connectivity index (χ3v) is 8.03. The van der Waals surface area contributed by atoms with Crippen LogP contribution in [-0.2, 0) is 11.3 Å². The van der Waals surface area contributed by atoms with Crippen LogP contribution in [0.25, 0.3) is 5.69 Å². The number of nitrogens with one attached hydrogen (secondary N) is 1. The number of nitrogens with zero attached hydrogens (tertiary/aromatic N) is 5. The van der Waals surface area contributed by atoms with E-state index in [1.165, 1.54) is 10.1 Å². The lowest BCUT2D eigenvalue weighted by Crippen LogP contribution is -2.61. The second kappa shape index (κ2) is 12.5. The summed E-state index contributed by atoms with van der Waals surface area (Å²) in [6.07, 6.45) is 6.05. The Balaban J connectivity index is 1.35. The number of urea groups is 1. The molecule has 1 unspecified atom stereocenters. The van der Waals surface area contributed by atoms with E-state index >= 15 is 0 Å². The molecule has 2 aromatic rings. The van der Waals surface area contributed by atoms with Gasteiger partial charge in [-0.25, -0.2) is 9.59 Å². The Morgan fingerprint density at radius 2 is 1.77 bits per heavy atom. The molecule has 2 aliphatic rings. The minimum absolute atomic E-state index is 0.144. The van der Waals surface area contributed by atoms with Gasteiger partial charge >= 0.3 is 11.7 Å². The van der Waals surface area contributed by atoms with Gasteiger partial charge in [0, 0.05) is 50.5 Å². The smallest absolute Gasteiger partial charge is 0.337 e. The van der Waals surface area contributed by atoms with Crippen molar-refractivity contribution in [1.82, 2.24) is 24.3 Å². The third-order valence-electron chi connectivity index (χ3n) is 8.03. The van der Waals surface area contributed by atoms with Gasteiger partial charge in [-0.3, -0.25) is 19.6 Å². The van der Waals surface area contributed by atoms with Crippen molar-refractivity contribution in [3.8, 4) is 5.69 Å². The summed E-state index contributed by atoms with van der Waals surface area (Å²) in [7, 11) is 0. The lowest BCUT2D eigenvalue weighted by atomic mass is 9.90. The average Bonchev–Trinajstić information content (AvgIpc) is 2.92. The first-order chi connectivity index (χ1) is 19.0. The van der Waals surface area contributed by atoms with Crippen LogP contribution in [-0.4, -0.2) is 86.0 Å². The molecule has 0 radical (unpaired) electrons. The highest BCUT2D eigenvalue weighted by Crippen LogP contribution is 2.24. The predicted octanol–water partition coefficient (Wildman–Crippen LogP) is 2.13. The first-order valence-electron chi connectivity index (χ1n) is 14.3. The Bertz CT molecular complexity index is 1230. The number of carbonyl (C=O) groups excluding carboxylic acids is 2.